The summed E-state index contributed by atoms with van der Waals surface area (Å²) in [7, 11) is 1.64. The minimum absolute atomic E-state index is 0.256. The Bertz CT molecular complexity index is 906. The number of piperazine rings is 1. The first-order valence-electron chi connectivity index (χ1n) is 7.29. The van der Waals surface area contributed by atoms with Gasteiger partial charge in [-0.15, -0.1) is 0 Å². The van der Waals surface area contributed by atoms with E-state index in [4.69, 9.17) is 14.9 Å². The topological polar surface area (TPSA) is 89.4 Å². The number of methoxy groups -OCH3 is 1. The van der Waals surface area contributed by atoms with E-state index in [9.17, 15) is 0 Å². The van der Waals surface area contributed by atoms with E-state index in [0.29, 0.717) is 23.2 Å². The summed E-state index contributed by atoms with van der Waals surface area (Å²) in [5, 5.41) is 4.23. The number of furan rings is 1. The molecule has 0 saturated carbocycles. The number of nitrogen functional groups attached to an aromatic ring is 1. The minimum Gasteiger partial charge on any atom is -0.496 e. The molecule has 0 bridgehead atoms. The van der Waals surface area contributed by atoms with Crippen LogP contribution in [-0.2, 0) is 0 Å². The SMILES string of the molecule is COc1cccc2oc3c(N4CC5NCC54)nc(N)nc3c12. The number of fused-ring (bicyclic) bond motifs is 4. The second-order valence-electron chi connectivity index (χ2n) is 5.75. The van der Waals surface area contributed by atoms with Crippen molar-refractivity contribution < 1.29 is 9.15 Å². The number of benzene rings is 1. The predicted octanol–water partition coefficient (Wildman–Crippen LogP) is 1.13. The standard InChI is InChI=1S/C15H15N5O2/c1-21-9-3-2-4-10-11(9)12-13(22-10)14(19-15(16)18-12)20-6-7-8(20)5-17-7/h2-4,7-8,17H,5-6H2,1H3,(H2,16,18,19). The molecule has 3 N–H and O–H groups in total. The summed E-state index contributed by atoms with van der Waals surface area (Å²) in [6.45, 7) is 1.89. The summed E-state index contributed by atoms with van der Waals surface area (Å²) in [5.74, 6) is 1.77. The van der Waals surface area contributed by atoms with Gasteiger partial charge in [0, 0.05) is 19.1 Å². The number of rotatable bonds is 2. The van der Waals surface area contributed by atoms with Crippen molar-refractivity contribution in [3.05, 3.63) is 18.2 Å². The fourth-order valence-corrected chi connectivity index (χ4v) is 3.38. The number of anilines is 2. The molecule has 1 aromatic carbocycles. The van der Waals surface area contributed by atoms with Crippen molar-refractivity contribution in [3.63, 3.8) is 0 Å². The molecule has 2 aromatic heterocycles. The first-order valence-corrected chi connectivity index (χ1v) is 7.29. The first kappa shape index (κ1) is 12.0. The number of hydrogen-bond acceptors (Lipinski definition) is 7. The van der Waals surface area contributed by atoms with E-state index in [0.717, 1.165) is 35.6 Å². The van der Waals surface area contributed by atoms with Crippen molar-refractivity contribution in [2.75, 3.05) is 30.8 Å². The lowest BCUT2D eigenvalue weighted by molar-refractivity contribution is 0.212. The maximum atomic E-state index is 6.02. The number of nitrogens with zero attached hydrogens (tertiary/aromatic N) is 3. The molecule has 112 valence electrons. The average molecular weight is 297 g/mol. The number of ether oxygens (including phenoxy) is 1. The Morgan fingerprint density at radius 3 is 3.00 bits per heavy atom. The molecular weight excluding hydrogens is 282 g/mol. The molecule has 0 aliphatic carbocycles. The lowest BCUT2D eigenvalue weighted by atomic mass is 9.89. The fraction of sp³-hybridized carbons (Fsp3) is 0.333. The molecule has 7 nitrogen and oxygen atoms in total. The lowest BCUT2D eigenvalue weighted by Crippen LogP contribution is -2.78. The molecule has 7 heteroatoms. The summed E-state index contributed by atoms with van der Waals surface area (Å²) in [6, 6.07) is 6.74. The third kappa shape index (κ3) is 1.38. The van der Waals surface area contributed by atoms with Crippen LogP contribution in [0.3, 0.4) is 0 Å². The monoisotopic (exact) mass is 297 g/mol. The van der Waals surface area contributed by atoms with E-state index in [1.165, 1.54) is 0 Å². The van der Waals surface area contributed by atoms with Gasteiger partial charge in [-0.1, -0.05) is 6.07 Å². The molecule has 2 fully saturated rings. The van der Waals surface area contributed by atoms with E-state index < -0.39 is 0 Å². The number of aromatic nitrogens is 2. The predicted molar refractivity (Wildman–Crippen MR) is 83.2 cm³/mol. The maximum Gasteiger partial charge on any atom is 0.222 e. The van der Waals surface area contributed by atoms with Crippen molar-refractivity contribution in [3.8, 4) is 5.75 Å². The van der Waals surface area contributed by atoms with E-state index in [1.807, 2.05) is 18.2 Å². The highest BCUT2D eigenvalue weighted by Gasteiger charge is 2.47. The van der Waals surface area contributed by atoms with Crippen molar-refractivity contribution in [1.82, 2.24) is 15.3 Å². The van der Waals surface area contributed by atoms with Gasteiger partial charge in [-0.3, -0.25) is 0 Å². The quantitative estimate of drug-likeness (QED) is 0.732. The summed E-state index contributed by atoms with van der Waals surface area (Å²) in [5.41, 5.74) is 8.06. The van der Waals surface area contributed by atoms with Crippen LogP contribution < -0.4 is 20.7 Å². The summed E-state index contributed by atoms with van der Waals surface area (Å²) >= 11 is 0. The van der Waals surface area contributed by atoms with Crippen LogP contribution in [0.5, 0.6) is 5.75 Å². The van der Waals surface area contributed by atoms with Crippen LogP contribution in [0.4, 0.5) is 11.8 Å². The highest BCUT2D eigenvalue weighted by Crippen LogP contribution is 2.40. The van der Waals surface area contributed by atoms with E-state index in [-0.39, 0.29) is 5.95 Å². The first-order chi connectivity index (χ1) is 10.8. The van der Waals surface area contributed by atoms with Gasteiger partial charge < -0.3 is 25.1 Å². The maximum absolute atomic E-state index is 6.02. The van der Waals surface area contributed by atoms with Crippen LogP contribution in [0.2, 0.25) is 0 Å². The Kier molecular flexibility index (Phi) is 2.20. The lowest BCUT2D eigenvalue weighted by Gasteiger charge is -2.56. The zero-order valence-corrected chi connectivity index (χ0v) is 12.0. The van der Waals surface area contributed by atoms with Crippen LogP contribution in [-0.4, -0.2) is 42.3 Å². The molecular formula is C15H15N5O2. The largest absolute Gasteiger partial charge is 0.496 e. The van der Waals surface area contributed by atoms with Gasteiger partial charge in [-0.2, -0.15) is 4.98 Å². The Morgan fingerprint density at radius 2 is 2.32 bits per heavy atom. The van der Waals surface area contributed by atoms with Crippen LogP contribution in [0, 0.1) is 0 Å². The summed E-state index contributed by atoms with van der Waals surface area (Å²) in [6.07, 6.45) is 0. The van der Waals surface area contributed by atoms with Gasteiger partial charge in [0.15, 0.2) is 11.4 Å². The Labute approximate surface area is 126 Å². The highest BCUT2D eigenvalue weighted by molar-refractivity contribution is 6.09. The third-order valence-electron chi connectivity index (χ3n) is 4.64. The van der Waals surface area contributed by atoms with E-state index >= 15 is 0 Å². The van der Waals surface area contributed by atoms with Crippen molar-refractivity contribution in [2.45, 2.75) is 12.1 Å². The molecule has 2 aliphatic rings. The molecule has 0 spiro atoms. The fourth-order valence-electron chi connectivity index (χ4n) is 3.38. The van der Waals surface area contributed by atoms with E-state index in [2.05, 4.69) is 20.2 Å². The van der Waals surface area contributed by atoms with Crippen molar-refractivity contribution >= 4 is 33.8 Å². The zero-order valence-electron chi connectivity index (χ0n) is 12.0. The number of nitrogens with two attached hydrogens (primary N) is 1. The van der Waals surface area contributed by atoms with Gasteiger partial charge in [-0.25, -0.2) is 4.98 Å². The normalized spacial score (nSPS) is 23.2. The smallest absolute Gasteiger partial charge is 0.222 e. The highest BCUT2D eigenvalue weighted by atomic mass is 16.5. The Balaban J connectivity index is 1.80. The van der Waals surface area contributed by atoms with Crippen LogP contribution >= 0.6 is 0 Å². The molecule has 2 unspecified atom stereocenters. The summed E-state index contributed by atoms with van der Waals surface area (Å²) < 4.78 is 11.5. The Hall–Kier alpha value is -2.54. The van der Waals surface area contributed by atoms with E-state index in [1.54, 1.807) is 7.11 Å². The van der Waals surface area contributed by atoms with Gasteiger partial charge in [0.2, 0.25) is 5.95 Å². The van der Waals surface area contributed by atoms with Crippen LogP contribution in [0.1, 0.15) is 0 Å². The van der Waals surface area contributed by atoms with Crippen molar-refractivity contribution in [1.29, 1.82) is 0 Å². The number of nitrogens with one attached hydrogen (secondary N) is 1. The average Bonchev–Trinajstić information content (AvgIpc) is 2.88. The van der Waals surface area contributed by atoms with Gasteiger partial charge in [0.25, 0.3) is 0 Å². The molecule has 2 aliphatic heterocycles. The van der Waals surface area contributed by atoms with Crippen LogP contribution in [0.15, 0.2) is 22.6 Å². The molecule has 3 aromatic rings. The van der Waals surface area contributed by atoms with Crippen LogP contribution in [0.25, 0.3) is 22.1 Å². The summed E-state index contributed by atoms with van der Waals surface area (Å²) in [4.78, 5) is 11.0. The molecule has 2 atom stereocenters. The third-order valence-corrected chi connectivity index (χ3v) is 4.64. The van der Waals surface area contributed by atoms with Gasteiger partial charge >= 0.3 is 0 Å². The second kappa shape index (κ2) is 4.01. The molecule has 2 saturated heterocycles. The molecule has 0 amide bonds. The number of hydrogen-bond donors (Lipinski definition) is 2. The van der Waals surface area contributed by atoms with Gasteiger partial charge in [0.1, 0.15) is 16.8 Å². The second-order valence-corrected chi connectivity index (χ2v) is 5.75. The minimum atomic E-state index is 0.256. The molecule has 22 heavy (non-hydrogen) atoms. The van der Waals surface area contributed by atoms with Gasteiger partial charge in [0.05, 0.1) is 18.5 Å². The van der Waals surface area contributed by atoms with Crippen molar-refractivity contribution in [2.24, 2.45) is 0 Å². The molecule has 4 heterocycles. The Morgan fingerprint density at radius 1 is 1.41 bits per heavy atom. The zero-order chi connectivity index (χ0) is 14.8. The van der Waals surface area contributed by atoms with Gasteiger partial charge in [-0.05, 0) is 12.1 Å². The molecule has 0 radical (unpaired) electrons. The molecule has 5 rings (SSSR count).